The molecule has 28 heavy (non-hydrogen) atoms. The van der Waals surface area contributed by atoms with E-state index in [1.165, 1.54) is 6.42 Å². The van der Waals surface area contributed by atoms with Gasteiger partial charge in [0.1, 0.15) is 0 Å². The smallest absolute Gasteiger partial charge is 0.338 e. The highest BCUT2D eigenvalue weighted by Crippen LogP contribution is 2.23. The summed E-state index contributed by atoms with van der Waals surface area (Å²) in [6.45, 7) is 8.03. The molecule has 1 amide bonds. The fraction of sp³-hybridized carbons (Fsp3) is 0.636. The summed E-state index contributed by atoms with van der Waals surface area (Å²) in [6, 6.07) is 7.61. The van der Waals surface area contributed by atoms with Crippen molar-refractivity contribution in [3.05, 3.63) is 35.4 Å². The predicted octanol–water partition coefficient (Wildman–Crippen LogP) is 2.76. The molecule has 1 aromatic rings. The Morgan fingerprint density at radius 1 is 1.18 bits per heavy atom. The van der Waals surface area contributed by atoms with Gasteiger partial charge in [-0.05, 0) is 43.4 Å². The minimum Gasteiger partial charge on any atom is -0.449 e. The number of nitrogens with one attached hydrogen (secondary N) is 1. The summed E-state index contributed by atoms with van der Waals surface area (Å²) in [5.41, 5.74) is 1.62. The molecule has 6 heteroatoms. The molecule has 1 N–H and O–H groups in total. The first kappa shape index (κ1) is 20.8. The quantitative estimate of drug-likeness (QED) is 0.759. The fourth-order valence-electron chi connectivity index (χ4n) is 3.88. The Morgan fingerprint density at radius 3 is 2.54 bits per heavy atom. The number of carbonyl (C=O) groups is 2. The Hall–Kier alpha value is -1.92. The van der Waals surface area contributed by atoms with Crippen LogP contribution in [0.4, 0.5) is 0 Å². The highest BCUT2D eigenvalue weighted by atomic mass is 16.5. The van der Waals surface area contributed by atoms with Crippen LogP contribution in [0.1, 0.15) is 55.5 Å². The van der Waals surface area contributed by atoms with Gasteiger partial charge < -0.3 is 14.8 Å². The molecule has 0 unspecified atom stereocenters. The number of carbonyl (C=O) groups excluding carboxylic acids is 2. The van der Waals surface area contributed by atoms with E-state index in [1.54, 1.807) is 19.1 Å². The molecule has 1 saturated carbocycles. The second-order valence-corrected chi connectivity index (χ2v) is 8.01. The number of ether oxygens (including phenoxy) is 2. The van der Waals surface area contributed by atoms with E-state index in [-0.39, 0.29) is 11.9 Å². The van der Waals surface area contributed by atoms with Crippen LogP contribution in [0.25, 0.3) is 0 Å². The summed E-state index contributed by atoms with van der Waals surface area (Å²) in [4.78, 5) is 27.1. The Morgan fingerprint density at radius 2 is 1.86 bits per heavy atom. The fourth-order valence-corrected chi connectivity index (χ4v) is 3.88. The van der Waals surface area contributed by atoms with Gasteiger partial charge in [-0.25, -0.2) is 4.79 Å². The van der Waals surface area contributed by atoms with Crippen molar-refractivity contribution in [2.75, 3.05) is 26.3 Å². The van der Waals surface area contributed by atoms with E-state index < -0.39 is 12.1 Å². The summed E-state index contributed by atoms with van der Waals surface area (Å²) in [7, 11) is 0. The van der Waals surface area contributed by atoms with Crippen LogP contribution in [0.3, 0.4) is 0 Å². The van der Waals surface area contributed by atoms with Crippen LogP contribution < -0.4 is 5.32 Å². The van der Waals surface area contributed by atoms with E-state index in [4.69, 9.17) is 9.47 Å². The van der Waals surface area contributed by atoms with Gasteiger partial charge in [0.25, 0.3) is 5.91 Å². The lowest BCUT2D eigenvalue weighted by Gasteiger charge is -2.30. The summed E-state index contributed by atoms with van der Waals surface area (Å²) in [5, 5.41) is 3.05. The van der Waals surface area contributed by atoms with Gasteiger partial charge in [0, 0.05) is 25.7 Å². The molecular weight excluding hydrogens is 356 g/mol. The van der Waals surface area contributed by atoms with Crippen LogP contribution in [-0.2, 0) is 20.8 Å². The van der Waals surface area contributed by atoms with Crippen LogP contribution in [0.2, 0.25) is 0 Å². The molecule has 0 aromatic heterocycles. The molecule has 1 heterocycles. The van der Waals surface area contributed by atoms with E-state index in [2.05, 4.69) is 17.1 Å². The number of morpholine rings is 1. The summed E-state index contributed by atoms with van der Waals surface area (Å²) in [5.74, 6) is -0.201. The molecule has 0 radical (unpaired) electrons. The second kappa shape index (κ2) is 10.0. The van der Waals surface area contributed by atoms with Crippen molar-refractivity contribution in [3.8, 4) is 0 Å². The number of esters is 1. The number of rotatable bonds is 6. The van der Waals surface area contributed by atoms with Gasteiger partial charge in [-0.15, -0.1) is 0 Å². The first-order chi connectivity index (χ1) is 13.5. The van der Waals surface area contributed by atoms with Crippen LogP contribution in [0, 0.1) is 5.92 Å². The molecule has 1 saturated heterocycles. The lowest BCUT2D eigenvalue weighted by atomic mass is 9.86. The van der Waals surface area contributed by atoms with E-state index in [0.29, 0.717) is 11.5 Å². The average molecular weight is 389 g/mol. The predicted molar refractivity (Wildman–Crippen MR) is 107 cm³/mol. The molecule has 6 nitrogen and oxygen atoms in total. The Balaban J connectivity index is 1.48. The van der Waals surface area contributed by atoms with Gasteiger partial charge in [-0.1, -0.05) is 31.9 Å². The molecule has 0 bridgehead atoms. The highest BCUT2D eigenvalue weighted by molar-refractivity contribution is 5.92. The maximum absolute atomic E-state index is 12.4. The standard InChI is InChI=1S/C22H32N2O4/c1-16-5-3-4-6-20(16)23-21(25)17(2)28-22(26)19-9-7-18(8-10-19)15-24-11-13-27-14-12-24/h7-10,16-17,20H,3-6,11-15H2,1-2H3,(H,23,25)/t16-,17-,20+/m1/s1. The van der Waals surface area contributed by atoms with Crippen molar-refractivity contribution < 1.29 is 19.1 Å². The van der Waals surface area contributed by atoms with Crippen molar-refractivity contribution in [3.63, 3.8) is 0 Å². The van der Waals surface area contributed by atoms with Crippen LogP contribution in [0.5, 0.6) is 0 Å². The third-order valence-corrected chi connectivity index (χ3v) is 5.79. The topological polar surface area (TPSA) is 67.9 Å². The van der Waals surface area contributed by atoms with Crippen molar-refractivity contribution in [2.24, 2.45) is 5.92 Å². The zero-order chi connectivity index (χ0) is 19.9. The SMILES string of the molecule is C[C@@H]1CCCC[C@@H]1NC(=O)[C@@H](C)OC(=O)c1ccc(CN2CCOCC2)cc1. The second-order valence-electron chi connectivity index (χ2n) is 8.01. The molecule has 2 aliphatic rings. The largest absolute Gasteiger partial charge is 0.449 e. The third-order valence-electron chi connectivity index (χ3n) is 5.79. The first-order valence-electron chi connectivity index (χ1n) is 10.4. The molecular formula is C22H32N2O4. The summed E-state index contributed by atoms with van der Waals surface area (Å²) < 4.78 is 10.7. The van der Waals surface area contributed by atoms with Crippen molar-refractivity contribution in [2.45, 2.75) is 58.2 Å². The highest BCUT2D eigenvalue weighted by Gasteiger charge is 2.26. The maximum Gasteiger partial charge on any atom is 0.338 e. The first-order valence-corrected chi connectivity index (χ1v) is 10.4. The van der Waals surface area contributed by atoms with E-state index in [9.17, 15) is 9.59 Å². The van der Waals surface area contributed by atoms with Crippen molar-refractivity contribution >= 4 is 11.9 Å². The number of nitrogens with zero attached hydrogens (tertiary/aromatic N) is 1. The Bertz CT molecular complexity index is 655. The molecule has 154 valence electrons. The van der Waals surface area contributed by atoms with Gasteiger partial charge in [0.2, 0.25) is 0 Å². The van der Waals surface area contributed by atoms with Crippen LogP contribution in [-0.4, -0.2) is 55.2 Å². The van der Waals surface area contributed by atoms with E-state index in [0.717, 1.165) is 57.7 Å². The molecule has 1 aromatic carbocycles. The van der Waals surface area contributed by atoms with Gasteiger partial charge in [0.05, 0.1) is 18.8 Å². The van der Waals surface area contributed by atoms with Gasteiger partial charge in [0.15, 0.2) is 6.10 Å². The number of benzene rings is 1. The summed E-state index contributed by atoms with van der Waals surface area (Å²) in [6.07, 6.45) is 3.70. The van der Waals surface area contributed by atoms with Gasteiger partial charge >= 0.3 is 5.97 Å². The number of hydrogen-bond donors (Lipinski definition) is 1. The minimum absolute atomic E-state index is 0.182. The molecule has 3 atom stereocenters. The zero-order valence-corrected chi connectivity index (χ0v) is 17.0. The maximum atomic E-state index is 12.4. The van der Waals surface area contributed by atoms with Gasteiger partial charge in [-0.2, -0.15) is 0 Å². The Kier molecular flexibility index (Phi) is 7.45. The van der Waals surface area contributed by atoms with E-state index >= 15 is 0 Å². The van der Waals surface area contributed by atoms with Crippen LogP contribution in [0.15, 0.2) is 24.3 Å². The van der Waals surface area contributed by atoms with Crippen molar-refractivity contribution in [1.29, 1.82) is 0 Å². The van der Waals surface area contributed by atoms with Crippen LogP contribution >= 0.6 is 0 Å². The molecule has 1 aliphatic heterocycles. The monoisotopic (exact) mass is 388 g/mol. The zero-order valence-electron chi connectivity index (χ0n) is 17.0. The summed E-state index contributed by atoms with van der Waals surface area (Å²) >= 11 is 0. The van der Waals surface area contributed by atoms with Gasteiger partial charge in [-0.3, -0.25) is 9.69 Å². The number of hydrogen-bond acceptors (Lipinski definition) is 5. The normalized spacial score (nSPS) is 24.4. The molecule has 2 fully saturated rings. The average Bonchev–Trinajstić information content (AvgIpc) is 2.71. The molecule has 0 spiro atoms. The molecule has 1 aliphatic carbocycles. The lowest BCUT2D eigenvalue weighted by molar-refractivity contribution is -0.130. The lowest BCUT2D eigenvalue weighted by Crippen LogP contribution is -2.45. The van der Waals surface area contributed by atoms with E-state index in [1.807, 2.05) is 12.1 Å². The third kappa shape index (κ3) is 5.79. The number of amides is 1. The Labute approximate surface area is 167 Å². The molecule has 3 rings (SSSR count). The van der Waals surface area contributed by atoms with Crippen molar-refractivity contribution in [1.82, 2.24) is 10.2 Å². The minimum atomic E-state index is -0.797.